The van der Waals surface area contributed by atoms with E-state index in [1.54, 1.807) is 5.48 Å². The molecule has 3 rings (SSSR count). The fourth-order valence-electron chi connectivity index (χ4n) is 3.62. The summed E-state index contributed by atoms with van der Waals surface area (Å²) in [5, 5.41) is 8.72. The average Bonchev–Trinajstić information content (AvgIpc) is 3.07. The molecule has 1 aromatic heterocycles. The first kappa shape index (κ1) is 19.6. The van der Waals surface area contributed by atoms with Crippen LogP contribution in [-0.4, -0.2) is 46.3 Å². The van der Waals surface area contributed by atoms with Gasteiger partial charge < -0.3 is 4.74 Å². The van der Waals surface area contributed by atoms with E-state index < -0.39 is 5.91 Å². The van der Waals surface area contributed by atoms with Gasteiger partial charge in [-0.2, -0.15) is 0 Å². The molecule has 2 heterocycles. The van der Waals surface area contributed by atoms with Crippen LogP contribution in [0.1, 0.15) is 57.1 Å². The fraction of sp³-hybridized carbons (Fsp3) is 0.647. The van der Waals surface area contributed by atoms with E-state index in [9.17, 15) is 4.79 Å². The molecule has 2 aliphatic rings. The maximum Gasteiger partial charge on any atom is 0.276 e. The molecule has 24 heavy (non-hydrogen) atoms. The van der Waals surface area contributed by atoms with Crippen molar-refractivity contribution in [3.63, 3.8) is 0 Å². The zero-order chi connectivity index (χ0) is 16.2. The summed E-state index contributed by atoms with van der Waals surface area (Å²) in [7, 11) is 0. The molecule has 1 aliphatic carbocycles. The second-order valence-corrected chi connectivity index (χ2v) is 6.45. The van der Waals surface area contributed by atoms with E-state index in [1.165, 1.54) is 12.6 Å². The summed E-state index contributed by atoms with van der Waals surface area (Å²) in [5.41, 5.74) is 4.23. The number of hydrogen-bond donors (Lipinski definition) is 2. The number of fused-ring (bicyclic) bond motifs is 1. The molecule has 0 radical (unpaired) electrons. The number of nitrogens with one attached hydrogen (secondary N) is 1. The number of halogens is 1. The lowest BCUT2D eigenvalue weighted by Crippen LogP contribution is -2.39. The summed E-state index contributed by atoms with van der Waals surface area (Å²) in [6.07, 6.45) is 7.37. The van der Waals surface area contributed by atoms with Crippen LogP contribution in [0, 0.1) is 0 Å². The largest absolute Gasteiger partial charge is 0.378 e. The molecular formula is C17H30IN3O3. The molecule has 2 N–H and O–H groups in total. The molecule has 7 heteroatoms. The molecule has 0 bridgehead atoms. The first-order valence-electron chi connectivity index (χ1n) is 8.49. The highest BCUT2D eigenvalue weighted by atomic mass is 127. The molecule has 6 nitrogen and oxygen atoms in total. The predicted molar refractivity (Wildman–Crippen MR) is 105 cm³/mol. The smallest absolute Gasteiger partial charge is 0.276 e. The van der Waals surface area contributed by atoms with Crippen molar-refractivity contribution in [3.05, 3.63) is 29.1 Å². The van der Waals surface area contributed by atoms with Crippen LogP contribution in [0.25, 0.3) is 0 Å². The second kappa shape index (κ2) is 9.07. The van der Waals surface area contributed by atoms with Crippen LogP contribution in [0.5, 0.6) is 0 Å². The summed E-state index contributed by atoms with van der Waals surface area (Å²) in [6, 6.07) is 2.42. The standard InChI is InChI=1S/C17H25N3O3.HI.2H2/c1-2-7-23-15-4-3-14(9-15)20-6-5-12-8-13(17(21)19-22)10-18-16(12)11-20;;;/h8,10,14-15,22H,2-7,9,11H2,1H3,(H,19,21);3*1H/t14-,15+;;;/m1.../s1. The lowest BCUT2D eigenvalue weighted by Gasteiger charge is -2.33. The minimum absolute atomic E-state index is 0. The summed E-state index contributed by atoms with van der Waals surface area (Å²) in [5.74, 6) is -0.505. The van der Waals surface area contributed by atoms with Gasteiger partial charge in [0.15, 0.2) is 0 Å². The Morgan fingerprint density at radius 3 is 3.12 bits per heavy atom. The van der Waals surface area contributed by atoms with Crippen molar-refractivity contribution in [1.82, 2.24) is 15.4 Å². The first-order chi connectivity index (χ1) is 11.2. The van der Waals surface area contributed by atoms with Crippen molar-refractivity contribution in [1.29, 1.82) is 0 Å². The van der Waals surface area contributed by atoms with Crippen molar-refractivity contribution in [2.45, 2.75) is 57.7 Å². The van der Waals surface area contributed by atoms with E-state index in [2.05, 4.69) is 16.8 Å². The number of ether oxygens (including phenoxy) is 1. The van der Waals surface area contributed by atoms with Gasteiger partial charge in [-0.15, -0.1) is 24.0 Å². The Balaban J connectivity index is 0.00000208. The molecule has 1 amide bonds. The van der Waals surface area contributed by atoms with Gasteiger partial charge in [0.2, 0.25) is 0 Å². The lowest BCUT2D eigenvalue weighted by molar-refractivity contribution is 0.0505. The summed E-state index contributed by atoms with van der Waals surface area (Å²) in [6.45, 7) is 4.83. The van der Waals surface area contributed by atoms with Crippen LogP contribution in [0.15, 0.2) is 12.3 Å². The highest BCUT2D eigenvalue weighted by Crippen LogP contribution is 2.30. The van der Waals surface area contributed by atoms with Crippen molar-refractivity contribution < 1.29 is 17.6 Å². The molecule has 1 fully saturated rings. The van der Waals surface area contributed by atoms with Gasteiger partial charge >= 0.3 is 0 Å². The van der Waals surface area contributed by atoms with Crippen LogP contribution in [0.3, 0.4) is 0 Å². The van der Waals surface area contributed by atoms with E-state index in [-0.39, 0.29) is 26.8 Å². The van der Waals surface area contributed by atoms with Crippen LogP contribution in [0.2, 0.25) is 0 Å². The molecule has 1 saturated carbocycles. The number of pyridine rings is 1. The zero-order valence-electron chi connectivity index (χ0n) is 14.0. The third kappa shape index (κ3) is 4.44. The Kier molecular flexibility index (Phi) is 7.39. The Bertz CT molecular complexity index is 580. The quantitative estimate of drug-likeness (QED) is 0.409. The molecule has 1 aromatic rings. The minimum atomic E-state index is -0.505. The highest BCUT2D eigenvalue weighted by Gasteiger charge is 2.32. The summed E-state index contributed by atoms with van der Waals surface area (Å²) >= 11 is 0. The van der Waals surface area contributed by atoms with E-state index in [1.807, 2.05) is 6.07 Å². The van der Waals surface area contributed by atoms with E-state index in [0.717, 1.165) is 56.6 Å². The zero-order valence-corrected chi connectivity index (χ0v) is 16.4. The molecule has 1 aliphatic heterocycles. The van der Waals surface area contributed by atoms with Gasteiger partial charge in [0, 0.05) is 34.8 Å². The number of carbonyl (C=O) groups is 1. The van der Waals surface area contributed by atoms with Crippen LogP contribution in [-0.2, 0) is 17.7 Å². The number of hydroxylamine groups is 1. The molecule has 2 atom stereocenters. The third-order valence-electron chi connectivity index (χ3n) is 4.88. The number of nitrogens with zero attached hydrogens (tertiary/aromatic N) is 2. The number of hydrogen-bond acceptors (Lipinski definition) is 5. The molecular weight excluding hydrogens is 421 g/mol. The highest BCUT2D eigenvalue weighted by molar-refractivity contribution is 14.0. The van der Waals surface area contributed by atoms with Gasteiger partial charge in [-0.25, -0.2) is 5.48 Å². The van der Waals surface area contributed by atoms with Crippen LogP contribution in [0.4, 0.5) is 0 Å². The Hall–Kier alpha value is -0.770. The van der Waals surface area contributed by atoms with Gasteiger partial charge in [0.1, 0.15) is 0 Å². The SMILES string of the molecule is CCCO[C@H]1CC[C@@H](N2CCc3cc(C(=O)NO)cnc3C2)C1.I.[HH].[HH]. The number of amides is 1. The summed E-state index contributed by atoms with van der Waals surface area (Å²) < 4.78 is 5.89. The van der Waals surface area contributed by atoms with Crippen molar-refractivity contribution >= 4 is 29.9 Å². The van der Waals surface area contributed by atoms with E-state index in [4.69, 9.17) is 9.94 Å². The van der Waals surface area contributed by atoms with Gasteiger partial charge in [0.25, 0.3) is 5.91 Å². The molecule has 0 aromatic carbocycles. The minimum Gasteiger partial charge on any atom is -0.378 e. The second-order valence-electron chi connectivity index (χ2n) is 6.45. The van der Waals surface area contributed by atoms with Crippen molar-refractivity contribution in [2.75, 3.05) is 13.2 Å². The first-order valence-corrected chi connectivity index (χ1v) is 8.49. The third-order valence-corrected chi connectivity index (χ3v) is 4.88. The molecule has 0 spiro atoms. The Morgan fingerprint density at radius 1 is 1.54 bits per heavy atom. The number of aromatic nitrogens is 1. The average molecular weight is 451 g/mol. The van der Waals surface area contributed by atoms with E-state index in [0.29, 0.717) is 17.7 Å². The van der Waals surface area contributed by atoms with Gasteiger partial charge in [0.05, 0.1) is 17.4 Å². The van der Waals surface area contributed by atoms with Gasteiger partial charge in [-0.3, -0.25) is 19.9 Å². The summed E-state index contributed by atoms with van der Waals surface area (Å²) in [4.78, 5) is 18.4. The topological polar surface area (TPSA) is 74.7 Å². The molecule has 0 saturated heterocycles. The maximum absolute atomic E-state index is 11.5. The fourth-order valence-corrected chi connectivity index (χ4v) is 3.62. The molecule has 138 valence electrons. The van der Waals surface area contributed by atoms with Crippen LogP contribution >= 0.6 is 24.0 Å². The van der Waals surface area contributed by atoms with Gasteiger partial charge in [-0.1, -0.05) is 6.92 Å². The predicted octanol–water partition coefficient (Wildman–Crippen LogP) is 3.02. The van der Waals surface area contributed by atoms with E-state index >= 15 is 0 Å². The molecule has 0 unspecified atom stereocenters. The maximum atomic E-state index is 11.5. The van der Waals surface area contributed by atoms with Crippen molar-refractivity contribution in [3.8, 4) is 0 Å². The Labute approximate surface area is 162 Å². The normalized spacial score (nSPS) is 23.4. The number of rotatable bonds is 5. The van der Waals surface area contributed by atoms with Crippen molar-refractivity contribution in [2.24, 2.45) is 0 Å². The van der Waals surface area contributed by atoms with Gasteiger partial charge in [-0.05, 0) is 43.7 Å². The number of carbonyl (C=O) groups excluding carboxylic acids is 1. The lowest BCUT2D eigenvalue weighted by atomic mass is 10.0. The monoisotopic (exact) mass is 451 g/mol. The van der Waals surface area contributed by atoms with Crippen LogP contribution < -0.4 is 5.48 Å². The Morgan fingerprint density at radius 2 is 2.38 bits per heavy atom.